The molecule has 2 nitrogen and oxygen atoms in total. The summed E-state index contributed by atoms with van der Waals surface area (Å²) in [7, 11) is 0. The molecule has 0 aromatic heterocycles. The number of amidine groups is 1. The number of hydrogen-bond acceptors (Lipinski definition) is 1. The van der Waals surface area contributed by atoms with E-state index in [0.717, 1.165) is 23.5 Å². The summed E-state index contributed by atoms with van der Waals surface area (Å²) in [6.07, 6.45) is 3.50. The predicted molar refractivity (Wildman–Crippen MR) is 85.4 cm³/mol. The summed E-state index contributed by atoms with van der Waals surface area (Å²) < 4.78 is 0. The van der Waals surface area contributed by atoms with Crippen molar-refractivity contribution in [1.29, 1.82) is 0 Å². The van der Waals surface area contributed by atoms with Crippen molar-refractivity contribution in [3.63, 3.8) is 0 Å². The fraction of sp³-hybridized carbons (Fsp3) is 0.278. The van der Waals surface area contributed by atoms with Crippen molar-refractivity contribution in [2.24, 2.45) is 4.99 Å². The zero-order valence-electron chi connectivity index (χ0n) is 11.8. The smallest absolute Gasteiger partial charge is 0.133 e. The third-order valence-electron chi connectivity index (χ3n) is 3.53. The van der Waals surface area contributed by atoms with Gasteiger partial charge >= 0.3 is 0 Å². The number of aryl methyl sites for hydroxylation is 1. The molecule has 0 radical (unpaired) electrons. The first-order valence-corrected chi connectivity index (χ1v) is 7.34. The van der Waals surface area contributed by atoms with Crippen molar-refractivity contribution in [2.45, 2.75) is 32.2 Å². The second kappa shape index (κ2) is 5.91. The average Bonchev–Trinajstić information content (AvgIpc) is 3.32. The number of anilines is 1. The van der Waals surface area contributed by atoms with E-state index < -0.39 is 0 Å². The molecule has 1 saturated carbocycles. The van der Waals surface area contributed by atoms with Gasteiger partial charge in [-0.2, -0.15) is 0 Å². The Balaban J connectivity index is 1.83. The summed E-state index contributed by atoms with van der Waals surface area (Å²) in [6, 6.07) is 19.5. The van der Waals surface area contributed by atoms with Gasteiger partial charge in [0, 0.05) is 11.3 Å². The molecule has 2 heteroatoms. The summed E-state index contributed by atoms with van der Waals surface area (Å²) >= 11 is 0. The van der Waals surface area contributed by atoms with Gasteiger partial charge in [0.1, 0.15) is 5.84 Å². The highest BCUT2D eigenvalue weighted by Crippen LogP contribution is 2.25. The molecule has 1 N–H and O–H groups in total. The van der Waals surface area contributed by atoms with Crippen LogP contribution < -0.4 is 5.32 Å². The van der Waals surface area contributed by atoms with E-state index in [-0.39, 0.29) is 0 Å². The quantitative estimate of drug-likeness (QED) is 0.647. The number of benzene rings is 2. The van der Waals surface area contributed by atoms with E-state index >= 15 is 0 Å². The number of hydrogen-bond donors (Lipinski definition) is 1. The Hall–Kier alpha value is -2.09. The first-order valence-electron chi connectivity index (χ1n) is 7.34. The molecule has 1 aliphatic carbocycles. The van der Waals surface area contributed by atoms with Gasteiger partial charge in [-0.3, -0.25) is 4.99 Å². The minimum Gasteiger partial charge on any atom is -0.340 e. The molecule has 0 spiro atoms. The first kappa shape index (κ1) is 12.9. The van der Waals surface area contributed by atoms with Crippen molar-refractivity contribution in [1.82, 2.24) is 0 Å². The second-order valence-electron chi connectivity index (χ2n) is 5.25. The van der Waals surface area contributed by atoms with Crippen LogP contribution in [0.3, 0.4) is 0 Å². The number of aliphatic imine (C=N–C) groups is 1. The summed E-state index contributed by atoms with van der Waals surface area (Å²) in [5, 5.41) is 3.47. The van der Waals surface area contributed by atoms with Crippen LogP contribution in [-0.4, -0.2) is 11.9 Å². The topological polar surface area (TPSA) is 24.4 Å². The first-order chi connectivity index (χ1) is 9.85. The molecule has 0 heterocycles. The molecule has 0 atom stereocenters. The monoisotopic (exact) mass is 264 g/mol. The molecular formula is C18H20N2. The van der Waals surface area contributed by atoms with E-state index in [1.807, 2.05) is 6.07 Å². The van der Waals surface area contributed by atoms with E-state index in [9.17, 15) is 0 Å². The van der Waals surface area contributed by atoms with Crippen molar-refractivity contribution in [2.75, 3.05) is 5.32 Å². The molecule has 102 valence electrons. The summed E-state index contributed by atoms with van der Waals surface area (Å²) in [5.74, 6) is 0.984. The number of nitrogens with zero attached hydrogens (tertiary/aromatic N) is 1. The van der Waals surface area contributed by atoms with Crippen LogP contribution >= 0.6 is 0 Å². The molecule has 0 saturated heterocycles. The Morgan fingerprint density at radius 1 is 1.05 bits per heavy atom. The molecule has 0 unspecified atom stereocenters. The van der Waals surface area contributed by atoms with Crippen LogP contribution in [0.25, 0.3) is 0 Å². The molecule has 0 bridgehead atoms. The van der Waals surface area contributed by atoms with Gasteiger partial charge in [-0.15, -0.1) is 0 Å². The van der Waals surface area contributed by atoms with Crippen LogP contribution in [0.2, 0.25) is 0 Å². The van der Waals surface area contributed by atoms with E-state index in [2.05, 4.69) is 60.8 Å². The van der Waals surface area contributed by atoms with Crippen LogP contribution in [0.5, 0.6) is 0 Å². The van der Waals surface area contributed by atoms with Crippen LogP contribution in [0, 0.1) is 0 Å². The Labute approximate surface area is 120 Å². The van der Waals surface area contributed by atoms with E-state index in [4.69, 9.17) is 4.99 Å². The van der Waals surface area contributed by atoms with Gasteiger partial charge in [-0.25, -0.2) is 0 Å². The number of rotatable bonds is 4. The third-order valence-corrected chi connectivity index (χ3v) is 3.53. The predicted octanol–water partition coefficient (Wildman–Crippen LogP) is 4.27. The Bertz CT molecular complexity index is 581. The van der Waals surface area contributed by atoms with Crippen molar-refractivity contribution >= 4 is 11.5 Å². The summed E-state index contributed by atoms with van der Waals surface area (Å²) in [6.45, 7) is 2.17. The number of nitrogens with one attached hydrogen (secondary N) is 1. The second-order valence-corrected chi connectivity index (χ2v) is 5.25. The zero-order chi connectivity index (χ0) is 13.8. The molecular weight excluding hydrogens is 244 g/mol. The molecule has 2 aromatic carbocycles. The lowest BCUT2D eigenvalue weighted by Crippen LogP contribution is -2.14. The van der Waals surface area contributed by atoms with Crippen molar-refractivity contribution < 1.29 is 0 Å². The molecule has 0 amide bonds. The van der Waals surface area contributed by atoms with Crippen LogP contribution in [0.15, 0.2) is 59.6 Å². The molecule has 2 aromatic rings. The van der Waals surface area contributed by atoms with Crippen LogP contribution in [-0.2, 0) is 6.42 Å². The highest BCUT2D eigenvalue weighted by atomic mass is 15.0. The molecule has 1 fully saturated rings. The lowest BCUT2D eigenvalue weighted by atomic mass is 10.1. The van der Waals surface area contributed by atoms with Gasteiger partial charge in [0.2, 0.25) is 0 Å². The van der Waals surface area contributed by atoms with Gasteiger partial charge in [-0.05, 0) is 37.0 Å². The maximum atomic E-state index is 4.80. The van der Waals surface area contributed by atoms with Gasteiger partial charge in [0.05, 0.1) is 6.04 Å². The van der Waals surface area contributed by atoms with Crippen molar-refractivity contribution in [3.8, 4) is 0 Å². The third kappa shape index (κ3) is 3.27. The lowest BCUT2D eigenvalue weighted by molar-refractivity contribution is 1.06. The normalized spacial score (nSPS) is 15.2. The Morgan fingerprint density at radius 3 is 2.35 bits per heavy atom. The Kier molecular flexibility index (Phi) is 3.82. The Morgan fingerprint density at radius 2 is 1.75 bits per heavy atom. The summed E-state index contributed by atoms with van der Waals surface area (Å²) in [4.78, 5) is 4.80. The fourth-order valence-corrected chi connectivity index (χ4v) is 2.12. The van der Waals surface area contributed by atoms with Gasteiger partial charge in [-0.1, -0.05) is 49.4 Å². The maximum Gasteiger partial charge on any atom is 0.133 e. The highest BCUT2D eigenvalue weighted by molar-refractivity contribution is 6.08. The average molecular weight is 264 g/mol. The van der Waals surface area contributed by atoms with E-state index in [1.165, 1.54) is 18.4 Å². The maximum absolute atomic E-state index is 4.80. The minimum absolute atomic E-state index is 0.507. The van der Waals surface area contributed by atoms with Crippen LogP contribution in [0.4, 0.5) is 5.69 Å². The van der Waals surface area contributed by atoms with E-state index in [0.29, 0.717) is 6.04 Å². The molecule has 3 rings (SSSR count). The zero-order valence-corrected chi connectivity index (χ0v) is 11.8. The summed E-state index contributed by atoms with van der Waals surface area (Å²) in [5.41, 5.74) is 3.61. The molecule has 20 heavy (non-hydrogen) atoms. The molecule has 0 aliphatic heterocycles. The van der Waals surface area contributed by atoms with Gasteiger partial charge in [0.25, 0.3) is 0 Å². The highest BCUT2D eigenvalue weighted by Gasteiger charge is 2.21. The largest absolute Gasteiger partial charge is 0.340 e. The minimum atomic E-state index is 0.507. The fourth-order valence-electron chi connectivity index (χ4n) is 2.12. The molecule has 1 aliphatic rings. The lowest BCUT2D eigenvalue weighted by Gasteiger charge is -2.11. The SMILES string of the molecule is CCc1ccc(NC(=NC2CC2)c2ccccc2)cc1. The standard InChI is InChI=1S/C18H20N2/c1-2-14-8-10-16(11-9-14)19-18(20-17-12-13-17)15-6-4-3-5-7-15/h3-11,17H,2,12-13H2,1H3,(H,19,20). The van der Waals surface area contributed by atoms with Crippen molar-refractivity contribution in [3.05, 3.63) is 65.7 Å². The van der Waals surface area contributed by atoms with Gasteiger partial charge < -0.3 is 5.32 Å². The van der Waals surface area contributed by atoms with Gasteiger partial charge in [0.15, 0.2) is 0 Å². The van der Waals surface area contributed by atoms with E-state index in [1.54, 1.807) is 0 Å². The van der Waals surface area contributed by atoms with Crippen LogP contribution in [0.1, 0.15) is 30.9 Å².